The van der Waals surface area contributed by atoms with Gasteiger partial charge in [0.1, 0.15) is 12.4 Å². The van der Waals surface area contributed by atoms with Crippen LogP contribution in [-0.4, -0.2) is 36.5 Å². The minimum atomic E-state index is -4.39. The molecule has 0 unspecified atom stereocenters. The number of rotatable bonds is 4. The Morgan fingerprint density at radius 2 is 2.05 bits per heavy atom. The molecule has 21 heavy (non-hydrogen) atoms. The molecule has 2 N–H and O–H groups in total. The molecule has 0 aromatic heterocycles. The van der Waals surface area contributed by atoms with E-state index in [9.17, 15) is 26.7 Å². The number of hydrogen-bond acceptors (Lipinski definition) is 2. The van der Waals surface area contributed by atoms with Crippen LogP contribution in [0.4, 0.5) is 22.0 Å². The first-order chi connectivity index (χ1) is 9.77. The van der Waals surface area contributed by atoms with E-state index in [4.69, 9.17) is 5.11 Å². The average Bonchev–Trinajstić information content (AvgIpc) is 2.43. The van der Waals surface area contributed by atoms with Gasteiger partial charge in [0.15, 0.2) is 0 Å². The highest BCUT2D eigenvalue weighted by Crippen LogP contribution is 2.21. The molecule has 0 radical (unpaired) electrons. The summed E-state index contributed by atoms with van der Waals surface area (Å²) < 4.78 is 62.4. The van der Waals surface area contributed by atoms with Gasteiger partial charge >= 0.3 is 12.3 Å². The summed E-state index contributed by atoms with van der Waals surface area (Å²) in [7, 11) is 0. The van der Waals surface area contributed by atoms with Crippen LogP contribution >= 0.6 is 0 Å². The number of aliphatic hydroxyl groups is 1. The summed E-state index contributed by atoms with van der Waals surface area (Å²) >= 11 is 0. The fourth-order valence-electron chi connectivity index (χ4n) is 1.32. The number of hydrogen-bond donors (Lipinski definition) is 2. The van der Waals surface area contributed by atoms with Crippen molar-refractivity contribution in [3.63, 3.8) is 0 Å². The van der Waals surface area contributed by atoms with Crippen molar-refractivity contribution in [3.05, 3.63) is 35.1 Å². The molecule has 0 heterocycles. The molecule has 1 amide bonds. The lowest BCUT2D eigenvalue weighted by atomic mass is 10.1. The number of amides is 1. The molecule has 0 bridgehead atoms. The Hall–Kier alpha value is -2.14. The second-order valence-corrected chi connectivity index (χ2v) is 3.89. The number of halogens is 5. The van der Waals surface area contributed by atoms with Gasteiger partial charge in [-0.15, -0.1) is 0 Å². The Bertz CT molecular complexity index is 578. The van der Waals surface area contributed by atoms with Gasteiger partial charge in [0.05, 0.1) is 12.1 Å². The van der Waals surface area contributed by atoms with Crippen LogP contribution in [0.1, 0.15) is 15.9 Å². The van der Waals surface area contributed by atoms with Crippen LogP contribution in [0.25, 0.3) is 0 Å². The molecule has 0 atom stereocenters. The van der Waals surface area contributed by atoms with E-state index < -0.39 is 37.2 Å². The van der Waals surface area contributed by atoms with Gasteiger partial charge in [0.25, 0.3) is 5.91 Å². The monoisotopic (exact) mass is 307 g/mol. The Kier molecular flexibility index (Phi) is 5.67. The molecule has 0 aliphatic heterocycles. The quantitative estimate of drug-likeness (QED) is 0.658. The molecule has 114 valence electrons. The molecular formula is C13H10F5NO2. The van der Waals surface area contributed by atoms with Gasteiger partial charge in [-0.05, 0) is 18.2 Å². The standard InChI is InChI=1S/C13H10F5NO2/c14-9-4-3-8(2-1-5-20)10(6-9)11(21)19-7-13(17,18)12(15)16/h3-4,6,12,20H,5,7H2,(H,19,21). The largest absolute Gasteiger partial charge is 0.384 e. The SMILES string of the molecule is O=C(NCC(F)(F)C(F)F)c1cc(F)ccc1C#CCO. The van der Waals surface area contributed by atoms with Crippen molar-refractivity contribution >= 4 is 5.91 Å². The third-order valence-corrected chi connectivity index (χ3v) is 2.33. The van der Waals surface area contributed by atoms with Gasteiger partial charge < -0.3 is 10.4 Å². The topological polar surface area (TPSA) is 49.3 Å². The molecule has 1 aromatic carbocycles. The van der Waals surface area contributed by atoms with Crippen molar-refractivity contribution in [1.82, 2.24) is 5.32 Å². The summed E-state index contributed by atoms with van der Waals surface area (Å²) in [4.78, 5) is 11.7. The average molecular weight is 307 g/mol. The van der Waals surface area contributed by atoms with Crippen LogP contribution in [0.2, 0.25) is 0 Å². The highest BCUT2D eigenvalue weighted by Gasteiger charge is 2.40. The summed E-state index contributed by atoms with van der Waals surface area (Å²) in [6.45, 7) is -2.12. The van der Waals surface area contributed by atoms with Crippen LogP contribution < -0.4 is 5.32 Å². The molecule has 0 saturated heterocycles. The number of carbonyl (C=O) groups is 1. The minimum absolute atomic E-state index is 0.0247. The zero-order chi connectivity index (χ0) is 16.0. The fourth-order valence-corrected chi connectivity index (χ4v) is 1.32. The Morgan fingerprint density at radius 3 is 2.62 bits per heavy atom. The Labute approximate surface area is 116 Å². The first kappa shape index (κ1) is 16.9. The van der Waals surface area contributed by atoms with Crippen molar-refractivity contribution in [1.29, 1.82) is 0 Å². The second kappa shape index (κ2) is 7.04. The van der Waals surface area contributed by atoms with Crippen molar-refractivity contribution in [2.24, 2.45) is 0 Å². The molecule has 0 aliphatic carbocycles. The maximum absolute atomic E-state index is 13.1. The predicted molar refractivity (Wildman–Crippen MR) is 63.6 cm³/mol. The first-order valence-electron chi connectivity index (χ1n) is 5.61. The van der Waals surface area contributed by atoms with E-state index in [2.05, 4.69) is 11.8 Å². The smallest absolute Gasteiger partial charge is 0.324 e. The van der Waals surface area contributed by atoms with Crippen LogP contribution in [0, 0.1) is 17.7 Å². The van der Waals surface area contributed by atoms with Crippen molar-refractivity contribution in [2.75, 3.05) is 13.2 Å². The van der Waals surface area contributed by atoms with Crippen molar-refractivity contribution < 1.29 is 31.9 Å². The lowest BCUT2D eigenvalue weighted by Crippen LogP contribution is -2.41. The van der Waals surface area contributed by atoms with Gasteiger partial charge in [0.2, 0.25) is 0 Å². The number of carbonyl (C=O) groups excluding carboxylic acids is 1. The van der Waals surface area contributed by atoms with Crippen molar-refractivity contribution in [3.8, 4) is 11.8 Å². The zero-order valence-electron chi connectivity index (χ0n) is 10.5. The Balaban J connectivity index is 2.94. The lowest BCUT2D eigenvalue weighted by Gasteiger charge is -2.16. The maximum atomic E-state index is 13.1. The van der Waals surface area contributed by atoms with E-state index >= 15 is 0 Å². The Morgan fingerprint density at radius 1 is 1.38 bits per heavy atom. The zero-order valence-corrected chi connectivity index (χ0v) is 10.5. The normalized spacial score (nSPS) is 11.0. The van der Waals surface area contributed by atoms with Gasteiger partial charge in [-0.25, -0.2) is 13.2 Å². The van der Waals surface area contributed by atoms with E-state index in [0.29, 0.717) is 0 Å². The molecule has 0 fully saturated rings. The van der Waals surface area contributed by atoms with Crippen LogP contribution in [0.3, 0.4) is 0 Å². The number of nitrogens with one attached hydrogen (secondary N) is 1. The molecule has 1 rings (SSSR count). The van der Waals surface area contributed by atoms with E-state index in [1.165, 1.54) is 0 Å². The second-order valence-electron chi connectivity index (χ2n) is 3.89. The molecule has 0 aliphatic rings. The third-order valence-electron chi connectivity index (χ3n) is 2.33. The molecule has 0 spiro atoms. The highest BCUT2D eigenvalue weighted by atomic mass is 19.3. The lowest BCUT2D eigenvalue weighted by molar-refractivity contribution is -0.123. The summed E-state index contributed by atoms with van der Waals surface area (Å²) in [5.74, 6) is -1.85. The summed E-state index contributed by atoms with van der Waals surface area (Å²) in [5, 5.41) is 10.2. The van der Waals surface area contributed by atoms with Gasteiger partial charge in [-0.1, -0.05) is 11.8 Å². The molecule has 3 nitrogen and oxygen atoms in total. The molecule has 1 aromatic rings. The molecule has 8 heteroatoms. The fraction of sp³-hybridized carbons (Fsp3) is 0.308. The number of benzene rings is 1. The van der Waals surface area contributed by atoms with Crippen LogP contribution in [0.15, 0.2) is 18.2 Å². The van der Waals surface area contributed by atoms with Gasteiger partial charge in [-0.2, -0.15) is 8.78 Å². The van der Waals surface area contributed by atoms with Gasteiger partial charge in [-0.3, -0.25) is 4.79 Å². The van der Waals surface area contributed by atoms with E-state index in [1.807, 2.05) is 0 Å². The predicted octanol–water partition coefficient (Wildman–Crippen LogP) is 1.80. The van der Waals surface area contributed by atoms with Crippen LogP contribution in [-0.2, 0) is 0 Å². The molecular weight excluding hydrogens is 297 g/mol. The highest BCUT2D eigenvalue weighted by molar-refractivity contribution is 5.96. The van der Waals surface area contributed by atoms with E-state index in [-0.39, 0.29) is 11.1 Å². The van der Waals surface area contributed by atoms with Crippen molar-refractivity contribution in [2.45, 2.75) is 12.3 Å². The number of aliphatic hydroxyl groups excluding tert-OH is 1. The first-order valence-corrected chi connectivity index (χ1v) is 5.61. The maximum Gasteiger partial charge on any atom is 0.324 e. The van der Waals surface area contributed by atoms with E-state index in [1.54, 1.807) is 5.32 Å². The minimum Gasteiger partial charge on any atom is -0.384 e. The summed E-state index contributed by atoms with van der Waals surface area (Å²) in [5.41, 5.74) is -0.413. The number of alkyl halides is 4. The van der Waals surface area contributed by atoms with Crippen LogP contribution in [0.5, 0.6) is 0 Å². The summed E-state index contributed by atoms with van der Waals surface area (Å²) in [6.07, 6.45) is -3.93. The summed E-state index contributed by atoms with van der Waals surface area (Å²) in [6, 6.07) is 2.82. The van der Waals surface area contributed by atoms with Gasteiger partial charge in [0, 0.05) is 5.56 Å². The third kappa shape index (κ3) is 4.72. The van der Waals surface area contributed by atoms with E-state index in [0.717, 1.165) is 18.2 Å². The molecule has 0 saturated carbocycles.